The molecule has 7 heteroatoms. The normalized spacial score (nSPS) is 13.8. The smallest absolute Gasteiger partial charge is 0.239 e. The Balaban J connectivity index is 2.02. The Morgan fingerprint density at radius 1 is 1.24 bits per heavy atom. The molecule has 5 nitrogen and oxygen atoms in total. The van der Waals surface area contributed by atoms with Gasteiger partial charge in [0.1, 0.15) is 11.6 Å². The molecule has 0 amide bonds. The highest BCUT2D eigenvalue weighted by atomic mass is 35.5. The number of hydrogen-bond acceptors (Lipinski definition) is 5. The van der Waals surface area contributed by atoms with Gasteiger partial charge in [0.2, 0.25) is 5.95 Å². The molecule has 0 unspecified atom stereocenters. The van der Waals surface area contributed by atoms with Gasteiger partial charge in [-0.2, -0.15) is 4.98 Å². The number of aryl methyl sites for hydroxylation is 1. The lowest BCUT2D eigenvalue weighted by molar-refractivity contribution is 0.630. The average Bonchev–Trinajstić information content (AvgIpc) is 2.64. The van der Waals surface area contributed by atoms with Gasteiger partial charge in [-0.3, -0.25) is 5.43 Å². The lowest BCUT2D eigenvalue weighted by Gasteiger charge is -2.32. The molecule has 3 N–H and O–H groups in total. The second-order valence-electron chi connectivity index (χ2n) is 6.10. The van der Waals surface area contributed by atoms with E-state index >= 15 is 0 Å². The van der Waals surface area contributed by atoms with E-state index in [0.717, 1.165) is 25.1 Å². The molecule has 0 spiro atoms. The summed E-state index contributed by atoms with van der Waals surface area (Å²) in [6.07, 6.45) is 1.98. The van der Waals surface area contributed by atoms with Crippen molar-refractivity contribution in [2.75, 3.05) is 16.9 Å². The Kier molecular flexibility index (Phi) is 3.94. The van der Waals surface area contributed by atoms with Crippen LogP contribution in [0.5, 0.6) is 0 Å². The van der Waals surface area contributed by atoms with Crippen LogP contribution in [0.3, 0.4) is 0 Å². The number of rotatable bonds is 2. The first-order valence-electron chi connectivity index (χ1n) is 8.08. The fourth-order valence-electron chi connectivity index (χ4n) is 3.42. The zero-order valence-corrected chi connectivity index (χ0v) is 14.4. The molecule has 3 aromatic rings. The molecule has 25 heavy (non-hydrogen) atoms. The van der Waals surface area contributed by atoms with E-state index in [4.69, 9.17) is 17.4 Å². The standard InChI is InChI=1S/C18H17ClFN5/c1-10-4-2-6-14-11(10)5-3-9-25(14)17-15-13(22-18(23-17)24-21)8-7-12(20)16(15)19/h2,4,6-8H,3,5,9,21H2,1H3,(H,22,23,24). The van der Waals surface area contributed by atoms with E-state index in [0.29, 0.717) is 16.7 Å². The number of fused-ring (bicyclic) bond motifs is 2. The topological polar surface area (TPSA) is 67.1 Å². The Morgan fingerprint density at radius 2 is 2.08 bits per heavy atom. The summed E-state index contributed by atoms with van der Waals surface area (Å²) in [5.74, 6) is 5.87. The molecule has 0 saturated carbocycles. The highest BCUT2D eigenvalue weighted by Gasteiger charge is 2.24. The van der Waals surface area contributed by atoms with Crippen LogP contribution in [-0.4, -0.2) is 16.5 Å². The van der Waals surface area contributed by atoms with Crippen LogP contribution in [0.2, 0.25) is 5.02 Å². The molecule has 0 bridgehead atoms. The van der Waals surface area contributed by atoms with Gasteiger partial charge in [-0.1, -0.05) is 23.7 Å². The van der Waals surface area contributed by atoms with Crippen molar-refractivity contribution in [2.24, 2.45) is 5.84 Å². The van der Waals surface area contributed by atoms with Crippen LogP contribution in [0.1, 0.15) is 17.5 Å². The van der Waals surface area contributed by atoms with Gasteiger partial charge in [0.15, 0.2) is 0 Å². The van der Waals surface area contributed by atoms with Crippen molar-refractivity contribution in [3.8, 4) is 0 Å². The van der Waals surface area contributed by atoms with Crippen LogP contribution < -0.4 is 16.2 Å². The molecule has 4 rings (SSSR count). The molecule has 2 heterocycles. The Hall–Kier alpha value is -2.44. The van der Waals surface area contributed by atoms with E-state index < -0.39 is 5.82 Å². The Bertz CT molecular complexity index is 975. The summed E-state index contributed by atoms with van der Waals surface area (Å²) in [5.41, 5.74) is 6.60. The maximum Gasteiger partial charge on any atom is 0.239 e. The van der Waals surface area contributed by atoms with Gasteiger partial charge in [0.05, 0.1) is 15.9 Å². The van der Waals surface area contributed by atoms with E-state index in [2.05, 4.69) is 39.4 Å². The number of hydrazine groups is 1. The molecule has 1 aliphatic heterocycles. The number of anilines is 3. The quantitative estimate of drug-likeness (QED) is 0.534. The number of nitrogen functional groups attached to an aromatic ring is 1. The summed E-state index contributed by atoms with van der Waals surface area (Å²) >= 11 is 6.27. The predicted molar refractivity (Wildman–Crippen MR) is 98.8 cm³/mol. The molecular weight excluding hydrogens is 341 g/mol. The molecule has 0 aliphatic carbocycles. The summed E-state index contributed by atoms with van der Waals surface area (Å²) in [7, 11) is 0. The molecule has 0 fully saturated rings. The average molecular weight is 358 g/mol. The zero-order chi connectivity index (χ0) is 17.6. The molecule has 2 aromatic carbocycles. The van der Waals surface area contributed by atoms with Crippen molar-refractivity contribution in [1.29, 1.82) is 0 Å². The minimum Gasteiger partial charge on any atom is -0.325 e. The van der Waals surface area contributed by atoms with Gasteiger partial charge in [-0.15, -0.1) is 0 Å². The third-order valence-electron chi connectivity index (χ3n) is 4.60. The van der Waals surface area contributed by atoms with Crippen LogP contribution in [0, 0.1) is 12.7 Å². The van der Waals surface area contributed by atoms with Gasteiger partial charge >= 0.3 is 0 Å². The summed E-state index contributed by atoms with van der Waals surface area (Å²) in [6.45, 7) is 2.86. The van der Waals surface area contributed by atoms with E-state index in [1.165, 1.54) is 17.2 Å². The number of halogens is 2. The SMILES string of the molecule is Cc1cccc2c1CCCN2c1nc(NN)nc2ccc(F)c(Cl)c12. The van der Waals surface area contributed by atoms with Crippen LogP contribution in [0.25, 0.3) is 10.9 Å². The van der Waals surface area contributed by atoms with Crippen molar-refractivity contribution >= 4 is 40.0 Å². The molecule has 1 aromatic heterocycles. The van der Waals surface area contributed by atoms with Gasteiger partial charge in [-0.25, -0.2) is 15.2 Å². The largest absolute Gasteiger partial charge is 0.325 e. The number of aromatic nitrogens is 2. The van der Waals surface area contributed by atoms with Gasteiger partial charge in [-0.05, 0) is 49.1 Å². The van der Waals surface area contributed by atoms with Crippen molar-refractivity contribution in [1.82, 2.24) is 9.97 Å². The van der Waals surface area contributed by atoms with Crippen molar-refractivity contribution in [3.63, 3.8) is 0 Å². The predicted octanol–water partition coefficient (Wildman–Crippen LogP) is 4.10. The zero-order valence-electron chi connectivity index (χ0n) is 13.7. The summed E-state index contributed by atoms with van der Waals surface area (Å²) in [5, 5.41) is 0.519. The molecule has 0 saturated heterocycles. The van der Waals surface area contributed by atoms with Crippen LogP contribution >= 0.6 is 11.6 Å². The van der Waals surface area contributed by atoms with E-state index in [9.17, 15) is 4.39 Å². The highest BCUT2D eigenvalue weighted by molar-refractivity contribution is 6.36. The van der Waals surface area contributed by atoms with Crippen molar-refractivity contribution in [3.05, 3.63) is 52.3 Å². The van der Waals surface area contributed by atoms with Gasteiger partial charge in [0.25, 0.3) is 0 Å². The van der Waals surface area contributed by atoms with Gasteiger partial charge < -0.3 is 4.90 Å². The lowest BCUT2D eigenvalue weighted by Crippen LogP contribution is -2.27. The van der Waals surface area contributed by atoms with E-state index in [-0.39, 0.29) is 11.0 Å². The first-order valence-corrected chi connectivity index (χ1v) is 8.46. The molecule has 128 valence electrons. The minimum atomic E-state index is -0.492. The van der Waals surface area contributed by atoms with Gasteiger partial charge in [0, 0.05) is 12.2 Å². The van der Waals surface area contributed by atoms with Crippen LogP contribution in [-0.2, 0) is 6.42 Å². The first-order chi connectivity index (χ1) is 12.1. The molecular formula is C18H17ClFN5. The summed E-state index contributed by atoms with van der Waals surface area (Å²) in [6, 6.07) is 9.05. The van der Waals surface area contributed by atoms with Crippen LogP contribution in [0.4, 0.5) is 21.8 Å². The maximum atomic E-state index is 14.1. The second-order valence-corrected chi connectivity index (χ2v) is 6.48. The number of nitrogens with two attached hydrogens (primary N) is 1. The lowest BCUT2D eigenvalue weighted by atomic mass is 9.97. The summed E-state index contributed by atoms with van der Waals surface area (Å²) in [4.78, 5) is 10.9. The Morgan fingerprint density at radius 3 is 2.88 bits per heavy atom. The number of hydrogen-bond donors (Lipinski definition) is 2. The number of nitrogens with zero attached hydrogens (tertiary/aromatic N) is 3. The van der Waals surface area contributed by atoms with E-state index in [1.54, 1.807) is 6.07 Å². The maximum absolute atomic E-state index is 14.1. The van der Waals surface area contributed by atoms with Crippen molar-refractivity contribution < 1.29 is 4.39 Å². The fourth-order valence-corrected chi connectivity index (χ4v) is 3.67. The first kappa shape index (κ1) is 16.1. The third-order valence-corrected chi connectivity index (χ3v) is 4.97. The van der Waals surface area contributed by atoms with Crippen LogP contribution in [0.15, 0.2) is 30.3 Å². The molecule has 0 atom stereocenters. The third kappa shape index (κ3) is 2.58. The molecule has 0 radical (unpaired) electrons. The fraction of sp³-hybridized carbons (Fsp3) is 0.222. The Labute approximate surface area is 149 Å². The second kappa shape index (κ2) is 6.13. The number of benzene rings is 2. The van der Waals surface area contributed by atoms with Crippen molar-refractivity contribution in [2.45, 2.75) is 19.8 Å². The molecule has 1 aliphatic rings. The minimum absolute atomic E-state index is 0.0239. The number of nitrogens with one attached hydrogen (secondary N) is 1. The highest BCUT2D eigenvalue weighted by Crippen LogP contribution is 2.40. The summed E-state index contributed by atoms with van der Waals surface area (Å²) < 4.78 is 14.1. The van der Waals surface area contributed by atoms with E-state index in [1.807, 2.05) is 6.07 Å². The monoisotopic (exact) mass is 357 g/mol.